The smallest absolute Gasteiger partial charge is 0.368 e. The van der Waals surface area contributed by atoms with Crippen LogP contribution in [0.4, 0.5) is 13.2 Å². The lowest BCUT2D eigenvalue weighted by atomic mass is 9.97. The molecule has 1 aromatic heterocycles. The van der Waals surface area contributed by atoms with E-state index in [2.05, 4.69) is 10.4 Å². The lowest BCUT2D eigenvalue weighted by Crippen LogP contribution is -2.53. The van der Waals surface area contributed by atoms with Gasteiger partial charge in [0.1, 0.15) is 0 Å². The molecular weight excluding hydrogens is 273 g/mol. The molecule has 3 N–H and O–H groups in total. The van der Waals surface area contributed by atoms with Crippen molar-refractivity contribution in [2.75, 3.05) is 6.54 Å². The first kappa shape index (κ1) is 16.5. The number of alkyl halides is 3. The Morgan fingerprint density at radius 2 is 2.15 bits per heavy atom. The largest absolute Gasteiger partial charge is 0.435 e. The van der Waals surface area contributed by atoms with Gasteiger partial charge in [0.05, 0.1) is 5.54 Å². The Morgan fingerprint density at radius 1 is 1.50 bits per heavy atom. The highest BCUT2D eigenvalue weighted by Crippen LogP contribution is 2.27. The second-order valence-corrected chi connectivity index (χ2v) is 4.83. The minimum Gasteiger partial charge on any atom is -0.368 e. The highest BCUT2D eigenvalue weighted by Gasteiger charge is 2.34. The molecule has 1 unspecified atom stereocenters. The predicted molar refractivity (Wildman–Crippen MR) is 67.7 cm³/mol. The molecule has 0 aliphatic carbocycles. The summed E-state index contributed by atoms with van der Waals surface area (Å²) in [5.41, 5.74) is 3.44. The maximum absolute atomic E-state index is 12.4. The molecule has 8 heteroatoms. The number of nitrogens with two attached hydrogens (primary N) is 1. The summed E-state index contributed by atoms with van der Waals surface area (Å²) in [6.07, 6.45) is -2.13. The summed E-state index contributed by atoms with van der Waals surface area (Å²) in [7, 11) is 0. The monoisotopic (exact) mass is 292 g/mol. The average Bonchev–Trinajstić information content (AvgIpc) is 2.82. The first-order valence-corrected chi connectivity index (χ1v) is 6.34. The molecule has 0 saturated carbocycles. The Bertz CT molecular complexity index is 458. The third-order valence-electron chi connectivity index (χ3n) is 3.08. The number of carbonyl (C=O) groups is 1. The van der Waals surface area contributed by atoms with E-state index < -0.39 is 23.3 Å². The fraction of sp³-hybridized carbons (Fsp3) is 0.667. The van der Waals surface area contributed by atoms with E-state index in [0.29, 0.717) is 6.54 Å². The third kappa shape index (κ3) is 4.22. The van der Waals surface area contributed by atoms with E-state index >= 15 is 0 Å². The van der Waals surface area contributed by atoms with Crippen molar-refractivity contribution in [3.8, 4) is 0 Å². The van der Waals surface area contributed by atoms with Crippen LogP contribution in [0.25, 0.3) is 0 Å². The first-order chi connectivity index (χ1) is 9.19. The molecule has 0 aromatic carbocycles. The van der Waals surface area contributed by atoms with Crippen LogP contribution in [0.1, 0.15) is 32.4 Å². The lowest BCUT2D eigenvalue weighted by molar-refractivity contribution is -0.141. The molecule has 1 heterocycles. The molecule has 0 fully saturated rings. The Kier molecular flexibility index (Phi) is 5.15. The molecule has 1 atom stereocenters. The number of aryl methyl sites for hydroxylation is 1. The lowest BCUT2D eigenvalue weighted by Gasteiger charge is -2.27. The van der Waals surface area contributed by atoms with E-state index in [1.165, 1.54) is 6.20 Å². The van der Waals surface area contributed by atoms with E-state index in [0.717, 1.165) is 17.2 Å². The molecule has 0 radical (unpaired) electrons. The maximum atomic E-state index is 12.4. The summed E-state index contributed by atoms with van der Waals surface area (Å²) in [4.78, 5) is 11.5. The van der Waals surface area contributed by atoms with Crippen LogP contribution in [0.2, 0.25) is 0 Å². The molecule has 114 valence electrons. The molecule has 20 heavy (non-hydrogen) atoms. The van der Waals surface area contributed by atoms with Crippen molar-refractivity contribution < 1.29 is 18.0 Å². The minimum atomic E-state index is -4.46. The number of carbonyl (C=O) groups excluding carboxylic acids is 1. The van der Waals surface area contributed by atoms with Gasteiger partial charge in [0, 0.05) is 12.7 Å². The topological polar surface area (TPSA) is 72.9 Å². The zero-order valence-corrected chi connectivity index (χ0v) is 11.5. The number of amides is 1. The summed E-state index contributed by atoms with van der Waals surface area (Å²) in [6.45, 7) is 4.36. The SMILES string of the molecule is CCCNC(C)(CCn1ccc(C(F)(F)F)n1)C(N)=O. The number of halogens is 3. The summed E-state index contributed by atoms with van der Waals surface area (Å²) in [5, 5.41) is 6.45. The Hall–Kier alpha value is -1.57. The molecule has 0 spiro atoms. The normalized spacial score (nSPS) is 15.1. The van der Waals surface area contributed by atoms with E-state index in [-0.39, 0.29) is 13.0 Å². The maximum Gasteiger partial charge on any atom is 0.435 e. The quantitative estimate of drug-likeness (QED) is 0.800. The van der Waals surface area contributed by atoms with Gasteiger partial charge in [0.15, 0.2) is 5.69 Å². The number of nitrogens with one attached hydrogen (secondary N) is 1. The van der Waals surface area contributed by atoms with Crippen molar-refractivity contribution in [3.63, 3.8) is 0 Å². The summed E-state index contributed by atoms with van der Waals surface area (Å²) >= 11 is 0. The Balaban J connectivity index is 2.68. The Morgan fingerprint density at radius 3 is 2.60 bits per heavy atom. The highest BCUT2D eigenvalue weighted by atomic mass is 19.4. The van der Waals surface area contributed by atoms with Gasteiger partial charge in [0.25, 0.3) is 0 Å². The van der Waals surface area contributed by atoms with Crippen molar-refractivity contribution in [2.24, 2.45) is 5.73 Å². The van der Waals surface area contributed by atoms with Crippen LogP contribution < -0.4 is 11.1 Å². The highest BCUT2D eigenvalue weighted by molar-refractivity contribution is 5.84. The van der Waals surface area contributed by atoms with Crippen molar-refractivity contribution in [1.29, 1.82) is 0 Å². The van der Waals surface area contributed by atoms with Crippen molar-refractivity contribution in [2.45, 2.75) is 44.9 Å². The van der Waals surface area contributed by atoms with Crippen LogP contribution in [-0.4, -0.2) is 27.8 Å². The van der Waals surface area contributed by atoms with E-state index in [9.17, 15) is 18.0 Å². The molecule has 0 saturated heterocycles. The van der Waals surface area contributed by atoms with Gasteiger partial charge >= 0.3 is 6.18 Å². The van der Waals surface area contributed by atoms with Gasteiger partial charge in [0.2, 0.25) is 5.91 Å². The van der Waals surface area contributed by atoms with Gasteiger partial charge in [-0.15, -0.1) is 0 Å². The number of aromatic nitrogens is 2. The van der Waals surface area contributed by atoms with Crippen LogP contribution in [0.5, 0.6) is 0 Å². The third-order valence-corrected chi connectivity index (χ3v) is 3.08. The number of nitrogens with zero attached hydrogens (tertiary/aromatic N) is 2. The van der Waals surface area contributed by atoms with E-state index in [1.54, 1.807) is 6.92 Å². The standard InChI is InChI=1S/C12H19F3N4O/c1-3-6-17-11(2,10(16)20)5-8-19-7-4-9(18-19)12(13,14)15/h4,7,17H,3,5-6,8H2,1-2H3,(H2,16,20). The van der Waals surface area contributed by atoms with E-state index in [1.807, 2.05) is 6.92 Å². The summed E-state index contributed by atoms with van der Waals surface area (Å²) in [6, 6.07) is 0.904. The number of hydrogen-bond acceptors (Lipinski definition) is 3. The number of rotatable bonds is 7. The zero-order chi connectivity index (χ0) is 15.4. The van der Waals surface area contributed by atoms with E-state index in [4.69, 9.17) is 5.73 Å². The van der Waals surface area contributed by atoms with Crippen LogP contribution in [0, 0.1) is 0 Å². The fourth-order valence-corrected chi connectivity index (χ4v) is 1.68. The van der Waals surface area contributed by atoms with Gasteiger partial charge in [-0.05, 0) is 32.4 Å². The van der Waals surface area contributed by atoms with Gasteiger partial charge < -0.3 is 11.1 Å². The predicted octanol–water partition coefficient (Wildman–Crippen LogP) is 1.54. The van der Waals surface area contributed by atoms with Crippen LogP contribution >= 0.6 is 0 Å². The molecule has 1 amide bonds. The molecule has 1 aromatic rings. The zero-order valence-electron chi connectivity index (χ0n) is 11.5. The minimum absolute atomic E-state index is 0.173. The van der Waals surface area contributed by atoms with Crippen LogP contribution in [-0.2, 0) is 17.5 Å². The van der Waals surface area contributed by atoms with Gasteiger partial charge in [-0.2, -0.15) is 18.3 Å². The first-order valence-electron chi connectivity index (χ1n) is 6.34. The Labute approximate surface area is 115 Å². The number of primary amides is 1. The van der Waals surface area contributed by atoms with Crippen molar-refractivity contribution in [1.82, 2.24) is 15.1 Å². The van der Waals surface area contributed by atoms with Gasteiger partial charge in [-0.1, -0.05) is 6.92 Å². The molecule has 0 aliphatic rings. The second-order valence-electron chi connectivity index (χ2n) is 4.83. The van der Waals surface area contributed by atoms with Crippen LogP contribution in [0.3, 0.4) is 0 Å². The summed E-state index contributed by atoms with van der Waals surface area (Å²) in [5.74, 6) is -0.533. The molecular formula is C12H19F3N4O. The van der Waals surface area contributed by atoms with Gasteiger partial charge in [-0.3, -0.25) is 9.48 Å². The second kappa shape index (κ2) is 6.25. The summed E-state index contributed by atoms with van der Waals surface area (Å²) < 4.78 is 38.4. The average molecular weight is 292 g/mol. The van der Waals surface area contributed by atoms with Gasteiger partial charge in [-0.25, -0.2) is 0 Å². The van der Waals surface area contributed by atoms with Crippen LogP contribution in [0.15, 0.2) is 12.3 Å². The molecule has 5 nitrogen and oxygen atoms in total. The molecule has 1 rings (SSSR count). The van der Waals surface area contributed by atoms with Crippen molar-refractivity contribution >= 4 is 5.91 Å². The van der Waals surface area contributed by atoms with Crippen molar-refractivity contribution in [3.05, 3.63) is 18.0 Å². The number of hydrogen-bond donors (Lipinski definition) is 2. The molecule has 0 bridgehead atoms. The molecule has 0 aliphatic heterocycles. The fourth-order valence-electron chi connectivity index (χ4n) is 1.68.